The average molecular weight is 255 g/mol. The number of ether oxygens (including phenoxy) is 1. The van der Waals surface area contributed by atoms with E-state index in [0.717, 1.165) is 22.9 Å². The van der Waals surface area contributed by atoms with E-state index in [0.29, 0.717) is 6.54 Å². The number of hydrogen-bond donors (Lipinski definition) is 2. The molecule has 2 heterocycles. The molecule has 0 aromatic carbocycles. The second-order valence-electron chi connectivity index (χ2n) is 4.14. The van der Waals surface area contributed by atoms with Gasteiger partial charge in [0.15, 0.2) is 0 Å². The van der Waals surface area contributed by atoms with Gasteiger partial charge in [-0.1, -0.05) is 0 Å². The summed E-state index contributed by atoms with van der Waals surface area (Å²) in [5, 5.41) is 6.98. The molecule has 5 nitrogen and oxygen atoms in total. The van der Waals surface area contributed by atoms with Crippen molar-refractivity contribution in [3.05, 3.63) is 16.1 Å². The van der Waals surface area contributed by atoms with Crippen LogP contribution in [-0.4, -0.2) is 36.7 Å². The van der Waals surface area contributed by atoms with Gasteiger partial charge < -0.3 is 15.4 Å². The molecule has 0 bridgehead atoms. The Bertz CT molecular complexity index is 394. The third kappa shape index (κ3) is 3.24. The van der Waals surface area contributed by atoms with Gasteiger partial charge in [-0.05, 0) is 13.3 Å². The van der Waals surface area contributed by atoms with Crippen molar-refractivity contribution in [2.75, 3.05) is 13.7 Å². The third-order valence-corrected chi connectivity index (χ3v) is 3.74. The highest BCUT2D eigenvalue weighted by molar-refractivity contribution is 7.11. The number of methoxy groups -OCH3 is 1. The summed E-state index contributed by atoms with van der Waals surface area (Å²) < 4.78 is 5.20. The van der Waals surface area contributed by atoms with E-state index in [2.05, 4.69) is 15.6 Å². The summed E-state index contributed by atoms with van der Waals surface area (Å²) in [6.45, 7) is 3.25. The molecule has 6 heteroatoms. The van der Waals surface area contributed by atoms with Gasteiger partial charge in [0.2, 0.25) is 5.91 Å². The van der Waals surface area contributed by atoms with Crippen LogP contribution in [-0.2, 0) is 16.1 Å². The first-order valence-corrected chi connectivity index (χ1v) is 6.46. The van der Waals surface area contributed by atoms with Crippen molar-refractivity contribution >= 4 is 17.2 Å². The molecule has 0 aliphatic carbocycles. The molecule has 1 aromatic heterocycles. The van der Waals surface area contributed by atoms with Crippen molar-refractivity contribution in [3.63, 3.8) is 0 Å². The molecule has 1 aliphatic rings. The van der Waals surface area contributed by atoms with Crippen LogP contribution in [0.1, 0.15) is 16.3 Å². The molecule has 1 amide bonds. The molecular weight excluding hydrogens is 238 g/mol. The number of thiazole rings is 1. The number of aryl methyl sites for hydroxylation is 1. The largest absolute Gasteiger partial charge is 0.380 e. The van der Waals surface area contributed by atoms with Crippen molar-refractivity contribution < 1.29 is 9.53 Å². The van der Waals surface area contributed by atoms with Gasteiger partial charge in [-0.15, -0.1) is 11.3 Å². The minimum absolute atomic E-state index is 0.0254. The van der Waals surface area contributed by atoms with Crippen molar-refractivity contribution in [1.82, 2.24) is 15.6 Å². The van der Waals surface area contributed by atoms with Crippen LogP contribution in [0.2, 0.25) is 0 Å². The van der Waals surface area contributed by atoms with E-state index in [9.17, 15) is 4.79 Å². The van der Waals surface area contributed by atoms with Crippen LogP contribution in [0.4, 0.5) is 0 Å². The van der Waals surface area contributed by atoms with Crippen LogP contribution >= 0.6 is 11.3 Å². The highest BCUT2D eigenvalue weighted by Crippen LogP contribution is 2.12. The zero-order valence-electron chi connectivity index (χ0n) is 10.0. The van der Waals surface area contributed by atoms with E-state index >= 15 is 0 Å². The molecular formula is C11H17N3O2S. The van der Waals surface area contributed by atoms with Gasteiger partial charge in [0.05, 0.1) is 18.7 Å². The van der Waals surface area contributed by atoms with E-state index < -0.39 is 0 Å². The lowest BCUT2D eigenvalue weighted by Crippen LogP contribution is -2.39. The lowest BCUT2D eigenvalue weighted by atomic mass is 10.2. The van der Waals surface area contributed by atoms with Crippen LogP contribution in [0.5, 0.6) is 0 Å². The van der Waals surface area contributed by atoms with Crippen molar-refractivity contribution in [2.45, 2.75) is 32.0 Å². The Kier molecular flexibility index (Phi) is 4.09. The second kappa shape index (κ2) is 5.57. The number of nitrogens with one attached hydrogen (secondary N) is 2. The van der Waals surface area contributed by atoms with Gasteiger partial charge in [-0.3, -0.25) is 4.79 Å². The number of nitrogens with zero attached hydrogens (tertiary/aromatic N) is 1. The Labute approximate surface area is 105 Å². The van der Waals surface area contributed by atoms with Crippen molar-refractivity contribution in [2.24, 2.45) is 0 Å². The van der Waals surface area contributed by atoms with Gasteiger partial charge in [-0.25, -0.2) is 4.98 Å². The van der Waals surface area contributed by atoms with Crippen LogP contribution in [0, 0.1) is 6.92 Å². The molecule has 2 atom stereocenters. The summed E-state index contributed by atoms with van der Waals surface area (Å²) in [6.07, 6.45) is 2.70. The van der Waals surface area contributed by atoms with Crippen LogP contribution in [0.15, 0.2) is 6.20 Å². The molecule has 17 heavy (non-hydrogen) atoms. The lowest BCUT2D eigenvalue weighted by molar-refractivity contribution is -0.123. The molecule has 2 rings (SSSR count). The maximum Gasteiger partial charge on any atom is 0.237 e. The Morgan fingerprint density at radius 1 is 1.76 bits per heavy atom. The molecule has 2 unspecified atom stereocenters. The summed E-state index contributed by atoms with van der Waals surface area (Å²) in [4.78, 5) is 17.2. The molecule has 0 saturated carbocycles. The van der Waals surface area contributed by atoms with Crippen molar-refractivity contribution in [1.29, 1.82) is 0 Å². The third-order valence-electron chi connectivity index (χ3n) is 2.82. The Balaban J connectivity index is 1.78. The summed E-state index contributed by atoms with van der Waals surface area (Å²) in [5.74, 6) is 0.0254. The Hall–Kier alpha value is -0.980. The van der Waals surface area contributed by atoms with E-state index in [1.807, 2.05) is 13.1 Å². The normalized spacial score (nSPS) is 23.9. The first-order valence-electron chi connectivity index (χ1n) is 5.64. The van der Waals surface area contributed by atoms with Crippen LogP contribution in [0.3, 0.4) is 0 Å². The number of amides is 1. The first-order chi connectivity index (χ1) is 8.19. The number of carbonyl (C=O) groups is 1. The minimum atomic E-state index is -0.138. The zero-order chi connectivity index (χ0) is 12.3. The predicted octanol–water partition coefficient (Wildman–Crippen LogP) is 0.445. The maximum atomic E-state index is 11.8. The SMILES string of the molecule is COC1CNC(C(=O)NCc2ncc(C)s2)C1. The van der Waals surface area contributed by atoms with Crippen LogP contribution in [0.25, 0.3) is 0 Å². The smallest absolute Gasteiger partial charge is 0.237 e. The fraction of sp³-hybridized carbons (Fsp3) is 0.636. The molecule has 2 N–H and O–H groups in total. The van der Waals surface area contributed by atoms with Crippen molar-refractivity contribution in [3.8, 4) is 0 Å². The van der Waals surface area contributed by atoms with E-state index in [4.69, 9.17) is 4.74 Å². The van der Waals surface area contributed by atoms with E-state index in [1.165, 1.54) is 0 Å². The minimum Gasteiger partial charge on any atom is -0.380 e. The van der Waals surface area contributed by atoms with Gasteiger partial charge in [-0.2, -0.15) is 0 Å². The molecule has 1 aromatic rings. The monoisotopic (exact) mass is 255 g/mol. The molecule has 94 valence electrons. The highest BCUT2D eigenvalue weighted by atomic mass is 32.1. The zero-order valence-corrected chi connectivity index (χ0v) is 10.8. The first kappa shape index (κ1) is 12.5. The van der Waals surface area contributed by atoms with Gasteiger partial charge in [0.1, 0.15) is 5.01 Å². The standard InChI is InChI=1S/C11H17N3O2S/c1-7-4-13-10(17-7)6-14-11(15)9-3-8(16-2)5-12-9/h4,8-9,12H,3,5-6H2,1-2H3,(H,14,15). The van der Waals surface area contributed by atoms with E-state index in [-0.39, 0.29) is 18.1 Å². The van der Waals surface area contributed by atoms with Gasteiger partial charge in [0.25, 0.3) is 0 Å². The quantitative estimate of drug-likeness (QED) is 0.820. The molecule has 1 saturated heterocycles. The molecule has 1 aliphatic heterocycles. The second-order valence-corrected chi connectivity index (χ2v) is 5.46. The lowest BCUT2D eigenvalue weighted by Gasteiger charge is -2.10. The van der Waals surface area contributed by atoms with E-state index in [1.54, 1.807) is 18.4 Å². The number of aromatic nitrogens is 1. The van der Waals surface area contributed by atoms with Gasteiger partial charge >= 0.3 is 0 Å². The highest BCUT2D eigenvalue weighted by Gasteiger charge is 2.29. The summed E-state index contributed by atoms with van der Waals surface area (Å²) in [6, 6.07) is -0.138. The molecule has 0 spiro atoms. The Morgan fingerprint density at radius 3 is 3.18 bits per heavy atom. The predicted molar refractivity (Wildman–Crippen MR) is 65.9 cm³/mol. The Morgan fingerprint density at radius 2 is 2.59 bits per heavy atom. The maximum absolute atomic E-state index is 11.8. The fourth-order valence-electron chi connectivity index (χ4n) is 1.85. The topological polar surface area (TPSA) is 63.2 Å². The number of carbonyl (C=O) groups excluding carboxylic acids is 1. The number of rotatable bonds is 4. The summed E-state index contributed by atoms with van der Waals surface area (Å²) in [7, 11) is 1.67. The molecule has 0 radical (unpaired) electrons. The summed E-state index contributed by atoms with van der Waals surface area (Å²) in [5.41, 5.74) is 0. The summed E-state index contributed by atoms with van der Waals surface area (Å²) >= 11 is 1.61. The van der Waals surface area contributed by atoms with Crippen LogP contribution < -0.4 is 10.6 Å². The fourth-order valence-corrected chi connectivity index (χ4v) is 2.58. The molecule has 1 fully saturated rings. The number of hydrogen-bond acceptors (Lipinski definition) is 5. The average Bonchev–Trinajstić information content (AvgIpc) is 2.94. The van der Waals surface area contributed by atoms with Gasteiger partial charge in [0, 0.05) is 24.7 Å².